The van der Waals surface area contributed by atoms with Crippen LogP contribution in [-0.4, -0.2) is 20.2 Å². The van der Waals surface area contributed by atoms with Gasteiger partial charge in [-0.05, 0) is 53.7 Å². The standard InChI is InChI=1S/C16H23N5/c1-11-6-4-8-13(17)14(11)15-18-19-20-21(15)12-7-5-9-16(2,3)10-12/h4,6,8,12H,5,7,9-10,17H2,1-3H3. The van der Waals surface area contributed by atoms with Crippen molar-refractivity contribution in [3.05, 3.63) is 23.8 Å². The molecule has 1 heterocycles. The molecule has 0 amide bonds. The molecule has 0 saturated heterocycles. The van der Waals surface area contributed by atoms with Gasteiger partial charge >= 0.3 is 0 Å². The molecule has 0 bridgehead atoms. The normalized spacial score (nSPS) is 21.4. The van der Waals surface area contributed by atoms with Crippen molar-refractivity contribution in [2.75, 3.05) is 5.73 Å². The van der Waals surface area contributed by atoms with Gasteiger partial charge in [-0.3, -0.25) is 0 Å². The first-order valence-corrected chi connectivity index (χ1v) is 7.61. The number of aromatic nitrogens is 4. The van der Waals surface area contributed by atoms with Gasteiger partial charge in [-0.2, -0.15) is 0 Å². The number of rotatable bonds is 2. The summed E-state index contributed by atoms with van der Waals surface area (Å²) in [4.78, 5) is 0. The van der Waals surface area contributed by atoms with Crippen molar-refractivity contribution in [1.29, 1.82) is 0 Å². The van der Waals surface area contributed by atoms with E-state index in [0.29, 0.717) is 11.5 Å². The molecule has 3 rings (SSSR count). The lowest BCUT2D eigenvalue weighted by Gasteiger charge is -2.35. The molecule has 1 aromatic carbocycles. The van der Waals surface area contributed by atoms with E-state index in [4.69, 9.17) is 5.73 Å². The van der Waals surface area contributed by atoms with E-state index in [1.54, 1.807) is 0 Å². The van der Waals surface area contributed by atoms with Crippen LogP contribution in [0.3, 0.4) is 0 Å². The fourth-order valence-corrected chi connectivity index (χ4v) is 3.47. The van der Waals surface area contributed by atoms with Gasteiger partial charge in [0.15, 0.2) is 5.82 Å². The Balaban J connectivity index is 2.02. The number of benzene rings is 1. The van der Waals surface area contributed by atoms with E-state index in [2.05, 4.69) is 42.4 Å². The molecule has 2 aromatic rings. The van der Waals surface area contributed by atoms with Gasteiger partial charge in [0.25, 0.3) is 0 Å². The van der Waals surface area contributed by atoms with E-state index >= 15 is 0 Å². The molecule has 0 spiro atoms. The highest BCUT2D eigenvalue weighted by Gasteiger charge is 2.31. The zero-order chi connectivity index (χ0) is 15.0. The second-order valence-corrected chi connectivity index (χ2v) is 6.90. The van der Waals surface area contributed by atoms with E-state index in [1.165, 1.54) is 12.8 Å². The molecule has 1 unspecified atom stereocenters. The van der Waals surface area contributed by atoms with E-state index in [-0.39, 0.29) is 0 Å². The van der Waals surface area contributed by atoms with Crippen molar-refractivity contribution in [2.24, 2.45) is 5.41 Å². The molecule has 5 heteroatoms. The first-order valence-electron chi connectivity index (χ1n) is 7.61. The molecule has 5 nitrogen and oxygen atoms in total. The minimum atomic E-state index is 0.351. The Bertz CT molecular complexity index is 624. The average molecular weight is 285 g/mol. The zero-order valence-electron chi connectivity index (χ0n) is 13.0. The Morgan fingerprint density at radius 3 is 2.86 bits per heavy atom. The minimum Gasteiger partial charge on any atom is -0.398 e. The fraction of sp³-hybridized carbons (Fsp3) is 0.562. The van der Waals surface area contributed by atoms with Gasteiger partial charge in [-0.15, -0.1) is 5.10 Å². The molecule has 0 aliphatic heterocycles. The first kappa shape index (κ1) is 14.0. The van der Waals surface area contributed by atoms with Crippen LogP contribution in [0.25, 0.3) is 11.4 Å². The first-order chi connectivity index (χ1) is 9.98. The van der Waals surface area contributed by atoms with Gasteiger partial charge in [0.2, 0.25) is 0 Å². The third-order valence-electron chi connectivity index (χ3n) is 4.55. The van der Waals surface area contributed by atoms with E-state index in [0.717, 1.165) is 35.5 Å². The van der Waals surface area contributed by atoms with Crippen molar-refractivity contribution in [3.63, 3.8) is 0 Å². The third kappa shape index (κ3) is 2.64. The van der Waals surface area contributed by atoms with Crippen LogP contribution in [0, 0.1) is 12.3 Å². The SMILES string of the molecule is Cc1cccc(N)c1-c1nnnn1C1CCCC(C)(C)C1. The molecule has 1 saturated carbocycles. The zero-order valence-corrected chi connectivity index (χ0v) is 13.0. The smallest absolute Gasteiger partial charge is 0.184 e. The second-order valence-electron chi connectivity index (χ2n) is 6.90. The maximum Gasteiger partial charge on any atom is 0.184 e. The Labute approximate surface area is 125 Å². The summed E-state index contributed by atoms with van der Waals surface area (Å²) in [6.07, 6.45) is 4.73. The highest BCUT2D eigenvalue weighted by molar-refractivity contribution is 5.74. The summed E-state index contributed by atoms with van der Waals surface area (Å²) >= 11 is 0. The van der Waals surface area contributed by atoms with Gasteiger partial charge in [0.05, 0.1) is 6.04 Å². The van der Waals surface area contributed by atoms with Gasteiger partial charge < -0.3 is 5.73 Å². The Morgan fingerprint density at radius 1 is 1.33 bits per heavy atom. The summed E-state index contributed by atoms with van der Waals surface area (Å²) < 4.78 is 1.99. The van der Waals surface area contributed by atoms with E-state index < -0.39 is 0 Å². The maximum atomic E-state index is 6.16. The summed E-state index contributed by atoms with van der Waals surface area (Å²) in [6.45, 7) is 6.70. The number of hydrogen-bond acceptors (Lipinski definition) is 4. The number of nitrogen functional groups attached to an aromatic ring is 1. The lowest BCUT2D eigenvalue weighted by atomic mass is 9.75. The highest BCUT2D eigenvalue weighted by Crippen LogP contribution is 2.42. The van der Waals surface area contributed by atoms with Gasteiger partial charge in [0.1, 0.15) is 0 Å². The lowest BCUT2D eigenvalue weighted by molar-refractivity contribution is 0.174. The molecule has 1 aromatic heterocycles. The maximum absolute atomic E-state index is 6.16. The van der Waals surface area contributed by atoms with Gasteiger partial charge in [-0.25, -0.2) is 4.68 Å². The Hall–Kier alpha value is -1.91. The van der Waals surface area contributed by atoms with Crippen LogP contribution in [0.4, 0.5) is 5.69 Å². The van der Waals surface area contributed by atoms with Crippen LogP contribution in [0.2, 0.25) is 0 Å². The molecule has 21 heavy (non-hydrogen) atoms. The number of nitrogens with zero attached hydrogens (tertiary/aromatic N) is 4. The summed E-state index contributed by atoms with van der Waals surface area (Å²) in [5, 5.41) is 12.4. The molecule has 2 N–H and O–H groups in total. The monoisotopic (exact) mass is 285 g/mol. The second kappa shape index (κ2) is 5.13. The van der Waals surface area contributed by atoms with Crippen molar-refractivity contribution in [2.45, 2.75) is 52.5 Å². The number of hydrogen-bond donors (Lipinski definition) is 1. The Kier molecular flexibility index (Phi) is 3.43. The van der Waals surface area contributed by atoms with Crippen LogP contribution in [0.1, 0.15) is 51.1 Å². The van der Waals surface area contributed by atoms with Crippen molar-refractivity contribution >= 4 is 5.69 Å². The Morgan fingerprint density at radius 2 is 2.14 bits per heavy atom. The van der Waals surface area contributed by atoms with Crippen LogP contribution in [0.5, 0.6) is 0 Å². The predicted octanol–water partition coefficient (Wildman–Crippen LogP) is 3.37. The molecule has 112 valence electrons. The van der Waals surface area contributed by atoms with Gasteiger partial charge in [-0.1, -0.05) is 32.4 Å². The summed E-state index contributed by atoms with van der Waals surface area (Å²) in [7, 11) is 0. The molecule has 0 radical (unpaired) electrons. The molecule has 1 fully saturated rings. The number of nitrogens with two attached hydrogens (primary N) is 1. The van der Waals surface area contributed by atoms with Crippen molar-refractivity contribution < 1.29 is 0 Å². The summed E-state index contributed by atoms with van der Waals surface area (Å²) in [5.74, 6) is 0.799. The topological polar surface area (TPSA) is 69.6 Å². The van der Waals surface area contributed by atoms with Crippen LogP contribution >= 0.6 is 0 Å². The summed E-state index contributed by atoms with van der Waals surface area (Å²) in [6, 6.07) is 6.28. The molecular formula is C16H23N5. The van der Waals surface area contributed by atoms with Crippen LogP contribution in [0.15, 0.2) is 18.2 Å². The fourth-order valence-electron chi connectivity index (χ4n) is 3.47. The molecular weight excluding hydrogens is 262 g/mol. The number of tetrazole rings is 1. The van der Waals surface area contributed by atoms with Crippen LogP contribution < -0.4 is 5.73 Å². The summed E-state index contributed by atoms with van der Waals surface area (Å²) in [5.41, 5.74) is 9.32. The van der Waals surface area contributed by atoms with E-state index in [1.807, 2.05) is 16.8 Å². The van der Waals surface area contributed by atoms with Crippen molar-refractivity contribution in [3.8, 4) is 11.4 Å². The molecule has 1 aliphatic rings. The molecule has 1 aliphatic carbocycles. The van der Waals surface area contributed by atoms with E-state index in [9.17, 15) is 0 Å². The quantitative estimate of drug-likeness (QED) is 0.859. The largest absolute Gasteiger partial charge is 0.398 e. The minimum absolute atomic E-state index is 0.351. The highest BCUT2D eigenvalue weighted by atomic mass is 15.5. The van der Waals surface area contributed by atoms with Crippen LogP contribution in [-0.2, 0) is 0 Å². The predicted molar refractivity (Wildman–Crippen MR) is 83.7 cm³/mol. The van der Waals surface area contributed by atoms with Crippen molar-refractivity contribution in [1.82, 2.24) is 20.2 Å². The lowest BCUT2D eigenvalue weighted by Crippen LogP contribution is -2.26. The average Bonchev–Trinajstić information content (AvgIpc) is 2.86. The van der Waals surface area contributed by atoms with Gasteiger partial charge in [0, 0.05) is 11.3 Å². The number of aryl methyl sites for hydroxylation is 1. The number of anilines is 1. The molecule has 1 atom stereocenters. The third-order valence-corrected chi connectivity index (χ3v) is 4.55.